The van der Waals surface area contributed by atoms with Gasteiger partial charge in [-0.15, -0.1) is 0 Å². The third-order valence-electron chi connectivity index (χ3n) is 5.66. The Kier molecular flexibility index (Phi) is 12.8. The average molecular weight is 478 g/mol. The van der Waals surface area contributed by atoms with Gasteiger partial charge in [0, 0.05) is 39.3 Å². The Morgan fingerprint density at radius 1 is 0.879 bits per heavy atom. The first-order chi connectivity index (χ1) is 16.0. The van der Waals surface area contributed by atoms with Crippen molar-refractivity contribution in [2.24, 2.45) is 4.99 Å². The minimum Gasteiger partial charge on any atom is -0.480 e. The molecule has 1 heterocycles. The van der Waals surface area contributed by atoms with Crippen LogP contribution >= 0.6 is 12.2 Å². The molecule has 1 aromatic rings. The van der Waals surface area contributed by atoms with Crippen LogP contribution < -0.4 is 5.32 Å². The Bertz CT molecular complexity index is 786. The number of isothiocyanates is 1. The number of thiocarbonyl (C=S) groups is 1. The second kappa shape index (κ2) is 15.6. The zero-order valence-corrected chi connectivity index (χ0v) is 19.9. The number of nitrogens with one attached hydrogen (secondary N) is 1. The highest BCUT2D eigenvalue weighted by atomic mass is 32.1. The van der Waals surface area contributed by atoms with Gasteiger partial charge in [0.2, 0.25) is 0 Å². The van der Waals surface area contributed by atoms with Gasteiger partial charge in [-0.25, -0.2) is 0 Å². The molecule has 3 N–H and O–H groups in total. The maximum atomic E-state index is 11.3. The third-order valence-corrected chi connectivity index (χ3v) is 5.75. The zero-order valence-electron chi connectivity index (χ0n) is 19.1. The molecule has 0 saturated carbocycles. The molecule has 1 aliphatic heterocycles. The number of carbonyl (C=O) groups is 2. The minimum atomic E-state index is -0.807. The van der Waals surface area contributed by atoms with E-state index in [1.54, 1.807) is 0 Å². The van der Waals surface area contributed by atoms with E-state index in [0.717, 1.165) is 57.7 Å². The largest absolute Gasteiger partial charge is 0.480 e. The molecule has 10 heteroatoms. The lowest BCUT2D eigenvalue weighted by atomic mass is 10.1. The molecule has 0 atom stereocenters. The maximum absolute atomic E-state index is 11.3. The van der Waals surface area contributed by atoms with Gasteiger partial charge in [-0.3, -0.25) is 19.4 Å². The van der Waals surface area contributed by atoms with Gasteiger partial charge in [0.15, 0.2) is 0 Å². The van der Waals surface area contributed by atoms with Crippen LogP contribution in [0, 0.1) is 0 Å². The van der Waals surface area contributed by atoms with Gasteiger partial charge in [0.1, 0.15) is 0 Å². The van der Waals surface area contributed by atoms with Crippen LogP contribution in [0.5, 0.6) is 0 Å². The van der Waals surface area contributed by atoms with Crippen molar-refractivity contribution in [1.82, 2.24) is 20.0 Å². The molecule has 33 heavy (non-hydrogen) atoms. The summed E-state index contributed by atoms with van der Waals surface area (Å²) < 4.78 is 0. The van der Waals surface area contributed by atoms with Crippen LogP contribution in [-0.2, 0) is 16.0 Å². The van der Waals surface area contributed by atoms with Crippen LogP contribution in [0.3, 0.4) is 0 Å². The summed E-state index contributed by atoms with van der Waals surface area (Å²) in [6, 6.07) is 7.91. The molecule has 0 spiro atoms. The first-order valence-corrected chi connectivity index (χ1v) is 11.9. The Labute approximate surface area is 201 Å². The van der Waals surface area contributed by atoms with Crippen molar-refractivity contribution in [2.75, 3.05) is 72.0 Å². The predicted molar refractivity (Wildman–Crippen MR) is 132 cm³/mol. The monoisotopic (exact) mass is 477 g/mol. The van der Waals surface area contributed by atoms with Gasteiger partial charge in [-0.2, -0.15) is 4.99 Å². The van der Waals surface area contributed by atoms with Gasteiger partial charge in [0.25, 0.3) is 0 Å². The summed E-state index contributed by atoms with van der Waals surface area (Å²) in [7, 11) is 0. The number of rotatable bonds is 8. The van der Waals surface area contributed by atoms with Gasteiger partial charge in [-0.05, 0) is 68.8 Å². The van der Waals surface area contributed by atoms with E-state index >= 15 is 0 Å². The first kappa shape index (κ1) is 27.0. The topological polar surface area (TPSA) is 109 Å². The number of benzene rings is 1. The first-order valence-electron chi connectivity index (χ1n) is 11.4. The number of carboxylic acids is 2. The molecular formula is C23H35N5O4S. The summed E-state index contributed by atoms with van der Waals surface area (Å²) in [6.45, 7) is 6.84. The van der Waals surface area contributed by atoms with E-state index < -0.39 is 11.9 Å². The molecular weight excluding hydrogens is 442 g/mol. The maximum Gasteiger partial charge on any atom is 0.317 e. The molecule has 0 amide bonds. The number of hydrogen-bond donors (Lipinski definition) is 3. The van der Waals surface area contributed by atoms with E-state index in [9.17, 15) is 19.8 Å². The van der Waals surface area contributed by atoms with Crippen molar-refractivity contribution < 1.29 is 19.8 Å². The number of hydrogen-bond acceptors (Lipinski definition) is 8. The molecule has 0 aromatic heterocycles. The van der Waals surface area contributed by atoms with Crippen LogP contribution in [0.4, 0.5) is 5.69 Å². The van der Waals surface area contributed by atoms with Crippen molar-refractivity contribution in [3.05, 3.63) is 29.8 Å². The van der Waals surface area contributed by atoms with Crippen molar-refractivity contribution in [1.29, 1.82) is 0 Å². The number of carboxylic acid groups (broad SMARTS) is 2. The molecule has 1 saturated heterocycles. The molecule has 1 fully saturated rings. The summed E-state index contributed by atoms with van der Waals surface area (Å²) >= 11 is 4.65. The van der Waals surface area contributed by atoms with Crippen LogP contribution in [0.2, 0.25) is 0 Å². The average Bonchev–Trinajstić information content (AvgIpc) is 2.77. The van der Waals surface area contributed by atoms with E-state index in [4.69, 9.17) is 0 Å². The Hall–Kier alpha value is -2.20. The fourth-order valence-corrected chi connectivity index (χ4v) is 4.03. The van der Waals surface area contributed by atoms with E-state index in [1.807, 2.05) is 34.1 Å². The van der Waals surface area contributed by atoms with E-state index in [2.05, 4.69) is 32.6 Å². The SMILES string of the molecule is O=C(O)CN1CCCN(CCc2ccc(N=C=S)cc2)CCN(CC(=O)O)CCCNCC1. The molecule has 0 bridgehead atoms. The molecule has 0 aliphatic carbocycles. The van der Waals surface area contributed by atoms with Crippen molar-refractivity contribution in [3.8, 4) is 0 Å². The number of aliphatic imine (C=N–C) groups is 1. The molecule has 2 rings (SSSR count). The summed E-state index contributed by atoms with van der Waals surface area (Å²) in [4.78, 5) is 32.8. The van der Waals surface area contributed by atoms with E-state index in [-0.39, 0.29) is 13.1 Å². The standard InChI is InChI=1S/C23H35N5O4S/c29-22(30)17-27-12-2-11-26(13-7-20-3-5-21(6-4-20)25-19-33)15-16-28(18-23(31)32)10-1-8-24-9-14-27/h3-6,24H,1-2,7-18H2,(H,29,30)(H,31,32). The molecule has 9 nitrogen and oxygen atoms in total. The second-order valence-electron chi connectivity index (χ2n) is 8.26. The van der Waals surface area contributed by atoms with Crippen molar-refractivity contribution in [3.63, 3.8) is 0 Å². The van der Waals surface area contributed by atoms with Crippen LogP contribution in [0.15, 0.2) is 29.3 Å². The summed E-state index contributed by atoms with van der Waals surface area (Å²) in [5.74, 6) is -1.61. The van der Waals surface area contributed by atoms with Crippen LogP contribution in [0.25, 0.3) is 0 Å². The lowest BCUT2D eigenvalue weighted by Gasteiger charge is -2.29. The zero-order chi connectivity index (χ0) is 23.9. The Balaban J connectivity index is 2.00. The van der Waals surface area contributed by atoms with Gasteiger partial charge in [0.05, 0.1) is 23.9 Å². The Morgan fingerprint density at radius 2 is 1.48 bits per heavy atom. The molecule has 1 aromatic carbocycles. The summed E-state index contributed by atoms with van der Waals surface area (Å²) in [5.41, 5.74) is 1.98. The summed E-state index contributed by atoms with van der Waals surface area (Å²) in [6.07, 6.45) is 2.57. The van der Waals surface area contributed by atoms with Crippen molar-refractivity contribution >= 4 is 35.0 Å². The summed E-state index contributed by atoms with van der Waals surface area (Å²) in [5, 5.41) is 24.2. The quantitative estimate of drug-likeness (QED) is 0.378. The fourth-order valence-electron chi connectivity index (χ4n) is 3.93. The van der Waals surface area contributed by atoms with Crippen LogP contribution in [-0.4, -0.2) is 114 Å². The fraction of sp³-hybridized carbons (Fsp3) is 0.609. The smallest absolute Gasteiger partial charge is 0.317 e. The lowest BCUT2D eigenvalue weighted by molar-refractivity contribution is -0.139. The predicted octanol–water partition coefficient (Wildman–Crippen LogP) is 1.42. The normalized spacial score (nSPS) is 18.2. The van der Waals surface area contributed by atoms with E-state index in [0.29, 0.717) is 26.2 Å². The van der Waals surface area contributed by atoms with Gasteiger partial charge >= 0.3 is 11.9 Å². The highest BCUT2D eigenvalue weighted by molar-refractivity contribution is 7.78. The molecule has 0 radical (unpaired) electrons. The Morgan fingerprint density at radius 3 is 2.15 bits per heavy atom. The van der Waals surface area contributed by atoms with Gasteiger partial charge in [-0.1, -0.05) is 12.1 Å². The third kappa shape index (κ3) is 12.0. The molecule has 1 aliphatic rings. The highest BCUT2D eigenvalue weighted by Gasteiger charge is 2.15. The number of nitrogens with zero attached hydrogens (tertiary/aromatic N) is 4. The second-order valence-corrected chi connectivity index (χ2v) is 8.44. The molecule has 182 valence electrons. The van der Waals surface area contributed by atoms with Crippen molar-refractivity contribution in [2.45, 2.75) is 19.3 Å². The lowest BCUT2D eigenvalue weighted by Crippen LogP contribution is -2.42. The minimum absolute atomic E-state index is 0.0437. The highest BCUT2D eigenvalue weighted by Crippen LogP contribution is 2.13. The van der Waals surface area contributed by atoms with Crippen LogP contribution in [0.1, 0.15) is 18.4 Å². The van der Waals surface area contributed by atoms with Gasteiger partial charge < -0.3 is 20.4 Å². The number of aliphatic carboxylic acids is 2. The molecule has 0 unspecified atom stereocenters. The van der Waals surface area contributed by atoms with E-state index in [1.165, 1.54) is 5.56 Å².